The number of non-ortho nitro benzene ring substituents is 1. The van der Waals surface area contributed by atoms with Crippen LogP contribution in [0.3, 0.4) is 0 Å². The van der Waals surface area contributed by atoms with Gasteiger partial charge in [-0.25, -0.2) is 12.8 Å². The maximum Gasteiger partial charge on any atom is 0.272 e. The number of ether oxygens (including phenoxy) is 1. The highest BCUT2D eigenvalue weighted by molar-refractivity contribution is 7.89. The monoisotopic (exact) mass is 369 g/mol. The first-order chi connectivity index (χ1) is 11.8. The van der Waals surface area contributed by atoms with E-state index < -0.39 is 33.3 Å². The number of amides is 1. The SMILES string of the molecule is O=C(COc1cccc(F)c1)NNS(=O)(=O)c1ccc([N+](=O)[O-])cc1. The van der Waals surface area contributed by atoms with Crippen LogP contribution in [0.25, 0.3) is 0 Å². The molecule has 0 aliphatic rings. The highest BCUT2D eigenvalue weighted by atomic mass is 32.2. The largest absolute Gasteiger partial charge is 0.484 e. The molecule has 0 unspecified atom stereocenters. The normalized spacial score (nSPS) is 10.9. The van der Waals surface area contributed by atoms with Crippen molar-refractivity contribution in [3.8, 4) is 5.75 Å². The van der Waals surface area contributed by atoms with Crippen LogP contribution in [0.5, 0.6) is 5.75 Å². The molecule has 0 heterocycles. The molecule has 9 nitrogen and oxygen atoms in total. The second-order valence-electron chi connectivity index (χ2n) is 4.65. The number of halogens is 1. The molecule has 25 heavy (non-hydrogen) atoms. The van der Waals surface area contributed by atoms with Gasteiger partial charge in [-0.15, -0.1) is 4.83 Å². The van der Waals surface area contributed by atoms with Crippen molar-refractivity contribution in [2.75, 3.05) is 6.61 Å². The topological polar surface area (TPSA) is 128 Å². The summed E-state index contributed by atoms with van der Waals surface area (Å²) in [6.07, 6.45) is 0. The molecule has 0 saturated heterocycles. The Kier molecular flexibility index (Phi) is 5.62. The Labute approximate surface area is 141 Å². The van der Waals surface area contributed by atoms with Gasteiger partial charge in [0.1, 0.15) is 11.6 Å². The van der Waals surface area contributed by atoms with Crippen LogP contribution in [0.15, 0.2) is 53.4 Å². The van der Waals surface area contributed by atoms with Gasteiger partial charge in [0.2, 0.25) is 0 Å². The number of nitro groups is 1. The molecule has 0 aliphatic heterocycles. The Hall–Kier alpha value is -3.05. The molecule has 132 valence electrons. The van der Waals surface area contributed by atoms with Gasteiger partial charge in [-0.3, -0.25) is 20.3 Å². The molecule has 0 saturated carbocycles. The van der Waals surface area contributed by atoms with Crippen LogP contribution in [0.1, 0.15) is 0 Å². The minimum absolute atomic E-state index is 0.105. The zero-order valence-corrected chi connectivity index (χ0v) is 13.3. The zero-order chi connectivity index (χ0) is 18.4. The van der Waals surface area contributed by atoms with Crippen molar-refractivity contribution in [3.05, 3.63) is 64.5 Å². The van der Waals surface area contributed by atoms with E-state index in [0.29, 0.717) is 0 Å². The number of carbonyl (C=O) groups is 1. The molecule has 1 amide bonds. The summed E-state index contributed by atoms with van der Waals surface area (Å²) in [5, 5.41) is 10.5. The van der Waals surface area contributed by atoms with Crippen LogP contribution in [0.4, 0.5) is 10.1 Å². The number of hydrogen-bond acceptors (Lipinski definition) is 6. The van der Waals surface area contributed by atoms with Gasteiger partial charge in [0.25, 0.3) is 21.6 Å². The molecule has 0 atom stereocenters. The van der Waals surface area contributed by atoms with E-state index in [1.165, 1.54) is 18.2 Å². The average molecular weight is 369 g/mol. The van der Waals surface area contributed by atoms with E-state index in [1.54, 1.807) is 0 Å². The van der Waals surface area contributed by atoms with Crippen LogP contribution in [-0.4, -0.2) is 25.9 Å². The predicted octanol–water partition coefficient (Wildman–Crippen LogP) is 1.12. The zero-order valence-electron chi connectivity index (χ0n) is 12.5. The third kappa shape index (κ3) is 5.22. The minimum atomic E-state index is -4.11. The van der Waals surface area contributed by atoms with Crippen LogP contribution >= 0.6 is 0 Å². The van der Waals surface area contributed by atoms with E-state index in [1.807, 2.05) is 10.3 Å². The van der Waals surface area contributed by atoms with E-state index in [2.05, 4.69) is 0 Å². The van der Waals surface area contributed by atoms with Gasteiger partial charge in [0.15, 0.2) is 6.61 Å². The molecule has 0 radical (unpaired) electrons. The van der Waals surface area contributed by atoms with Crippen molar-refractivity contribution < 1.29 is 27.3 Å². The van der Waals surface area contributed by atoms with Crippen LogP contribution in [0.2, 0.25) is 0 Å². The molecule has 0 spiro atoms. The quantitative estimate of drug-likeness (QED) is 0.556. The van der Waals surface area contributed by atoms with Crippen LogP contribution < -0.4 is 15.0 Å². The lowest BCUT2D eigenvalue weighted by Crippen LogP contribution is -2.43. The average Bonchev–Trinajstić information content (AvgIpc) is 2.58. The second kappa shape index (κ2) is 7.68. The summed E-state index contributed by atoms with van der Waals surface area (Å²) in [7, 11) is -4.11. The fourth-order valence-electron chi connectivity index (χ4n) is 1.67. The summed E-state index contributed by atoms with van der Waals surface area (Å²) in [6.45, 7) is -0.549. The van der Waals surface area contributed by atoms with E-state index >= 15 is 0 Å². The number of hydrazine groups is 1. The van der Waals surface area contributed by atoms with Crippen molar-refractivity contribution in [1.82, 2.24) is 10.3 Å². The molecule has 0 aromatic heterocycles. The van der Waals surface area contributed by atoms with Gasteiger partial charge in [-0.1, -0.05) is 6.07 Å². The number of nitro benzene ring substituents is 1. The van der Waals surface area contributed by atoms with Crippen LogP contribution in [-0.2, 0) is 14.8 Å². The first-order valence-electron chi connectivity index (χ1n) is 6.71. The minimum Gasteiger partial charge on any atom is -0.484 e. The first-order valence-corrected chi connectivity index (χ1v) is 8.20. The molecule has 0 bridgehead atoms. The van der Waals surface area contributed by atoms with Crippen LogP contribution in [0, 0.1) is 15.9 Å². The third-order valence-electron chi connectivity index (χ3n) is 2.85. The van der Waals surface area contributed by atoms with Gasteiger partial charge in [0, 0.05) is 18.2 Å². The summed E-state index contributed by atoms with van der Waals surface area (Å²) in [4.78, 5) is 23.0. The Bertz CT molecular complexity index is 886. The number of hydrogen-bond donors (Lipinski definition) is 2. The van der Waals surface area contributed by atoms with E-state index in [-0.39, 0.29) is 16.3 Å². The molecule has 2 aromatic rings. The van der Waals surface area contributed by atoms with Crippen molar-refractivity contribution in [2.24, 2.45) is 0 Å². The molecular formula is C14H12FN3O6S. The van der Waals surface area contributed by atoms with Crippen molar-refractivity contribution in [3.63, 3.8) is 0 Å². The first kappa shape index (κ1) is 18.3. The lowest BCUT2D eigenvalue weighted by molar-refractivity contribution is -0.384. The van der Waals surface area contributed by atoms with Gasteiger partial charge < -0.3 is 4.74 Å². The lowest BCUT2D eigenvalue weighted by atomic mass is 10.3. The number of nitrogens with one attached hydrogen (secondary N) is 2. The predicted molar refractivity (Wildman–Crippen MR) is 83.5 cm³/mol. The molecule has 2 aromatic carbocycles. The van der Waals surface area contributed by atoms with Gasteiger partial charge in [0.05, 0.1) is 9.82 Å². The highest BCUT2D eigenvalue weighted by Gasteiger charge is 2.17. The van der Waals surface area contributed by atoms with E-state index in [0.717, 1.165) is 30.3 Å². The fourth-order valence-corrected chi connectivity index (χ4v) is 2.53. The summed E-state index contributed by atoms with van der Waals surface area (Å²) in [5.74, 6) is -1.26. The Morgan fingerprint density at radius 1 is 1.20 bits per heavy atom. The molecule has 11 heteroatoms. The second-order valence-corrected chi connectivity index (χ2v) is 6.33. The van der Waals surface area contributed by atoms with Crippen molar-refractivity contribution >= 4 is 21.6 Å². The van der Waals surface area contributed by atoms with Crippen molar-refractivity contribution in [1.29, 1.82) is 0 Å². The van der Waals surface area contributed by atoms with Gasteiger partial charge in [-0.05, 0) is 24.3 Å². The Morgan fingerprint density at radius 3 is 2.48 bits per heavy atom. The van der Waals surface area contributed by atoms with E-state index in [4.69, 9.17) is 4.74 Å². The number of nitrogens with zero attached hydrogens (tertiary/aromatic N) is 1. The summed E-state index contributed by atoms with van der Waals surface area (Å²) >= 11 is 0. The van der Waals surface area contributed by atoms with Gasteiger partial charge in [-0.2, -0.15) is 0 Å². The summed E-state index contributed by atoms with van der Waals surface area (Å²) in [5.41, 5.74) is 1.64. The van der Waals surface area contributed by atoms with Crippen molar-refractivity contribution in [2.45, 2.75) is 4.90 Å². The molecular weight excluding hydrogens is 357 g/mol. The summed E-state index contributed by atoms with van der Waals surface area (Å²) < 4.78 is 41.8. The number of benzene rings is 2. The maximum absolute atomic E-state index is 12.9. The molecule has 0 fully saturated rings. The highest BCUT2D eigenvalue weighted by Crippen LogP contribution is 2.15. The number of sulfonamides is 1. The maximum atomic E-state index is 12.9. The molecule has 0 aliphatic carbocycles. The smallest absolute Gasteiger partial charge is 0.272 e. The summed E-state index contributed by atoms with van der Waals surface area (Å²) in [6, 6.07) is 9.16. The lowest BCUT2D eigenvalue weighted by Gasteiger charge is -2.09. The van der Waals surface area contributed by atoms with Gasteiger partial charge >= 0.3 is 0 Å². The molecule has 2 rings (SSSR count). The van der Waals surface area contributed by atoms with E-state index in [9.17, 15) is 27.7 Å². The Balaban J connectivity index is 1.90. The number of carbonyl (C=O) groups excluding carboxylic acids is 1. The fraction of sp³-hybridized carbons (Fsp3) is 0.0714. The standard InChI is InChI=1S/C14H12FN3O6S/c15-10-2-1-3-12(8-10)24-9-14(19)16-17-25(22,23)13-6-4-11(5-7-13)18(20)21/h1-8,17H,9H2,(H,16,19). The molecule has 2 N–H and O–H groups in total. The number of rotatable bonds is 7. The third-order valence-corrected chi connectivity index (χ3v) is 4.11. The Morgan fingerprint density at radius 2 is 1.88 bits per heavy atom.